The van der Waals surface area contributed by atoms with Gasteiger partial charge in [0.2, 0.25) is 0 Å². The SMILES string of the molecule is CCC(N)Cc1cccnc1N(C)C1CCS(=O)(=O)C1. The summed E-state index contributed by atoms with van der Waals surface area (Å²) in [6.07, 6.45) is 4.10. The lowest BCUT2D eigenvalue weighted by molar-refractivity contribution is 0.600. The minimum absolute atomic E-state index is 0.0199. The minimum Gasteiger partial charge on any atom is -0.355 e. The van der Waals surface area contributed by atoms with E-state index >= 15 is 0 Å². The van der Waals surface area contributed by atoms with Crippen LogP contribution in [0.1, 0.15) is 25.3 Å². The van der Waals surface area contributed by atoms with Crippen LogP contribution in [0.15, 0.2) is 18.3 Å². The quantitative estimate of drug-likeness (QED) is 0.877. The molecule has 1 aliphatic rings. The second-order valence-corrected chi connectivity index (χ2v) is 7.76. The van der Waals surface area contributed by atoms with Gasteiger partial charge in [0.25, 0.3) is 0 Å². The van der Waals surface area contributed by atoms with Crippen molar-refractivity contribution < 1.29 is 8.42 Å². The van der Waals surface area contributed by atoms with E-state index in [1.807, 2.05) is 24.1 Å². The zero-order valence-corrected chi connectivity index (χ0v) is 12.9. The zero-order chi connectivity index (χ0) is 14.8. The van der Waals surface area contributed by atoms with Crippen LogP contribution in [-0.4, -0.2) is 44.0 Å². The van der Waals surface area contributed by atoms with Crippen molar-refractivity contribution >= 4 is 15.7 Å². The summed E-state index contributed by atoms with van der Waals surface area (Å²) in [5, 5.41) is 0. The Morgan fingerprint density at radius 3 is 2.90 bits per heavy atom. The van der Waals surface area contributed by atoms with Crippen molar-refractivity contribution in [2.75, 3.05) is 23.5 Å². The van der Waals surface area contributed by atoms with Gasteiger partial charge < -0.3 is 10.6 Å². The first-order valence-electron chi connectivity index (χ1n) is 7.05. The van der Waals surface area contributed by atoms with Crippen LogP contribution in [0.4, 0.5) is 5.82 Å². The van der Waals surface area contributed by atoms with Crippen LogP contribution in [0.3, 0.4) is 0 Å². The minimum atomic E-state index is -2.88. The lowest BCUT2D eigenvalue weighted by Gasteiger charge is -2.27. The highest BCUT2D eigenvalue weighted by Crippen LogP contribution is 2.25. The standard InChI is InChI=1S/C14H23N3O2S/c1-3-12(15)9-11-5-4-7-16-14(11)17(2)13-6-8-20(18,19)10-13/h4-5,7,12-13H,3,6,8-10,15H2,1-2H3. The summed E-state index contributed by atoms with van der Waals surface area (Å²) in [4.78, 5) is 6.44. The molecule has 0 spiro atoms. The van der Waals surface area contributed by atoms with Gasteiger partial charge in [0.1, 0.15) is 5.82 Å². The van der Waals surface area contributed by atoms with E-state index in [2.05, 4.69) is 11.9 Å². The number of nitrogens with zero attached hydrogens (tertiary/aromatic N) is 2. The van der Waals surface area contributed by atoms with Gasteiger partial charge in [0.15, 0.2) is 9.84 Å². The van der Waals surface area contributed by atoms with E-state index in [0.717, 1.165) is 24.2 Å². The van der Waals surface area contributed by atoms with E-state index < -0.39 is 9.84 Å². The molecule has 1 aromatic rings. The Bertz CT molecular complexity index is 559. The van der Waals surface area contributed by atoms with Gasteiger partial charge in [-0.3, -0.25) is 0 Å². The van der Waals surface area contributed by atoms with E-state index in [1.54, 1.807) is 6.20 Å². The van der Waals surface area contributed by atoms with Crippen LogP contribution in [0, 0.1) is 0 Å². The molecule has 112 valence electrons. The molecule has 1 fully saturated rings. The summed E-state index contributed by atoms with van der Waals surface area (Å²) in [5.41, 5.74) is 7.12. The fourth-order valence-electron chi connectivity index (χ4n) is 2.59. The van der Waals surface area contributed by atoms with Crippen molar-refractivity contribution in [3.8, 4) is 0 Å². The molecule has 6 heteroatoms. The second-order valence-electron chi connectivity index (χ2n) is 5.53. The Hall–Kier alpha value is -1.14. The molecule has 5 nitrogen and oxygen atoms in total. The maximum absolute atomic E-state index is 11.6. The van der Waals surface area contributed by atoms with Gasteiger partial charge >= 0.3 is 0 Å². The van der Waals surface area contributed by atoms with Crippen LogP contribution >= 0.6 is 0 Å². The Morgan fingerprint density at radius 1 is 1.55 bits per heavy atom. The lowest BCUT2D eigenvalue weighted by atomic mass is 10.0. The van der Waals surface area contributed by atoms with E-state index in [9.17, 15) is 8.42 Å². The largest absolute Gasteiger partial charge is 0.355 e. The molecule has 0 radical (unpaired) electrons. The van der Waals surface area contributed by atoms with Gasteiger partial charge in [-0.05, 0) is 30.9 Å². The molecule has 0 saturated carbocycles. The van der Waals surface area contributed by atoms with Crippen molar-refractivity contribution in [1.82, 2.24) is 4.98 Å². The predicted molar refractivity (Wildman–Crippen MR) is 81.7 cm³/mol. The Labute approximate surface area is 121 Å². The van der Waals surface area contributed by atoms with Crippen LogP contribution in [0.25, 0.3) is 0 Å². The highest BCUT2D eigenvalue weighted by atomic mass is 32.2. The molecule has 1 saturated heterocycles. The predicted octanol–water partition coefficient (Wildman–Crippen LogP) is 0.985. The first-order valence-corrected chi connectivity index (χ1v) is 8.88. The molecule has 2 N–H and O–H groups in total. The van der Waals surface area contributed by atoms with E-state index in [-0.39, 0.29) is 23.6 Å². The molecular formula is C14H23N3O2S. The maximum Gasteiger partial charge on any atom is 0.152 e. The van der Waals surface area contributed by atoms with Gasteiger partial charge in [0.05, 0.1) is 11.5 Å². The first kappa shape index (κ1) is 15.3. The molecule has 0 aromatic carbocycles. The number of hydrogen-bond acceptors (Lipinski definition) is 5. The average Bonchev–Trinajstić information content (AvgIpc) is 2.79. The van der Waals surface area contributed by atoms with Crippen molar-refractivity contribution in [2.24, 2.45) is 5.73 Å². The van der Waals surface area contributed by atoms with Crippen LogP contribution in [0.2, 0.25) is 0 Å². The van der Waals surface area contributed by atoms with Crippen molar-refractivity contribution in [1.29, 1.82) is 0 Å². The van der Waals surface area contributed by atoms with E-state index in [4.69, 9.17) is 5.73 Å². The second kappa shape index (κ2) is 6.10. The summed E-state index contributed by atoms with van der Waals surface area (Å²) in [5.74, 6) is 1.36. The molecule has 2 atom stereocenters. The van der Waals surface area contributed by atoms with Crippen LogP contribution in [0.5, 0.6) is 0 Å². The number of anilines is 1. The molecule has 2 unspecified atom stereocenters. The van der Waals surface area contributed by atoms with Crippen LogP contribution < -0.4 is 10.6 Å². The van der Waals surface area contributed by atoms with Gasteiger partial charge in [-0.1, -0.05) is 13.0 Å². The third kappa shape index (κ3) is 3.49. The summed E-state index contributed by atoms with van der Waals surface area (Å²) in [6.45, 7) is 2.06. The monoisotopic (exact) mass is 297 g/mol. The van der Waals surface area contributed by atoms with Gasteiger partial charge in [-0.15, -0.1) is 0 Å². The van der Waals surface area contributed by atoms with E-state index in [0.29, 0.717) is 6.42 Å². The fraction of sp³-hybridized carbons (Fsp3) is 0.643. The third-order valence-electron chi connectivity index (χ3n) is 3.96. The average molecular weight is 297 g/mol. The summed E-state index contributed by atoms with van der Waals surface area (Å²) < 4.78 is 23.2. The first-order chi connectivity index (χ1) is 9.43. The van der Waals surface area contributed by atoms with E-state index in [1.165, 1.54) is 0 Å². The van der Waals surface area contributed by atoms with Crippen LogP contribution in [-0.2, 0) is 16.3 Å². The normalized spacial score (nSPS) is 22.6. The Morgan fingerprint density at radius 2 is 2.30 bits per heavy atom. The number of hydrogen-bond donors (Lipinski definition) is 1. The van der Waals surface area contributed by atoms with Crippen molar-refractivity contribution in [3.05, 3.63) is 23.9 Å². The Balaban J connectivity index is 2.19. The summed E-state index contributed by atoms with van der Waals surface area (Å²) in [7, 11) is -0.958. The molecule has 0 aliphatic carbocycles. The third-order valence-corrected chi connectivity index (χ3v) is 5.71. The highest BCUT2D eigenvalue weighted by molar-refractivity contribution is 7.91. The topological polar surface area (TPSA) is 76.3 Å². The smallest absolute Gasteiger partial charge is 0.152 e. The molecular weight excluding hydrogens is 274 g/mol. The molecule has 20 heavy (non-hydrogen) atoms. The lowest BCUT2D eigenvalue weighted by Crippen LogP contribution is -2.34. The molecule has 2 rings (SSSR count). The summed E-state index contributed by atoms with van der Waals surface area (Å²) >= 11 is 0. The van der Waals surface area contributed by atoms with Gasteiger partial charge in [-0.25, -0.2) is 13.4 Å². The van der Waals surface area contributed by atoms with Gasteiger partial charge in [0, 0.05) is 25.3 Å². The molecule has 0 amide bonds. The number of aromatic nitrogens is 1. The molecule has 2 heterocycles. The van der Waals surface area contributed by atoms with Crippen molar-refractivity contribution in [3.63, 3.8) is 0 Å². The van der Waals surface area contributed by atoms with Gasteiger partial charge in [-0.2, -0.15) is 0 Å². The summed E-state index contributed by atoms with van der Waals surface area (Å²) in [6, 6.07) is 4.06. The number of sulfone groups is 1. The molecule has 0 bridgehead atoms. The van der Waals surface area contributed by atoms with Crippen molar-refractivity contribution in [2.45, 2.75) is 38.3 Å². The molecule has 1 aromatic heterocycles. The highest BCUT2D eigenvalue weighted by Gasteiger charge is 2.31. The molecule has 1 aliphatic heterocycles. The number of pyridine rings is 1. The number of nitrogens with two attached hydrogens (primary N) is 1. The fourth-order valence-corrected chi connectivity index (χ4v) is 4.36. The number of rotatable bonds is 5. The maximum atomic E-state index is 11.6. The Kier molecular flexibility index (Phi) is 4.65. The zero-order valence-electron chi connectivity index (χ0n) is 12.1.